The van der Waals surface area contributed by atoms with Crippen LogP contribution < -0.4 is 15.5 Å². The number of halogens is 1. The van der Waals surface area contributed by atoms with Crippen LogP contribution in [0, 0.1) is 27.7 Å². The van der Waals surface area contributed by atoms with Crippen LogP contribution in [0.25, 0.3) is 0 Å². The van der Waals surface area contributed by atoms with Crippen LogP contribution in [0.1, 0.15) is 22.5 Å². The number of nitrogens with zero attached hydrogens (tertiary/aromatic N) is 5. The molecule has 182 valence electrons. The topological polar surface area (TPSA) is 68.7 Å². The van der Waals surface area contributed by atoms with Gasteiger partial charge in [-0.2, -0.15) is 4.99 Å². The van der Waals surface area contributed by atoms with Crippen molar-refractivity contribution in [1.82, 2.24) is 14.9 Å². The molecule has 1 aliphatic heterocycles. The van der Waals surface area contributed by atoms with Crippen molar-refractivity contribution >= 4 is 52.2 Å². The number of nitrogens with one attached hydrogen (secondary N) is 2. The van der Waals surface area contributed by atoms with Crippen molar-refractivity contribution in [2.45, 2.75) is 27.7 Å². The van der Waals surface area contributed by atoms with Gasteiger partial charge in [0.2, 0.25) is 17.0 Å². The van der Waals surface area contributed by atoms with Gasteiger partial charge in [-0.05, 0) is 75.8 Å². The molecule has 1 saturated heterocycles. The highest BCUT2D eigenvalue weighted by Crippen LogP contribution is 2.21. The highest BCUT2D eigenvalue weighted by atomic mass is 35.5. The van der Waals surface area contributed by atoms with E-state index >= 15 is 0 Å². The fraction of sp³-hybridized carbons (Fsp3) is 0.308. The van der Waals surface area contributed by atoms with E-state index in [1.165, 1.54) is 5.56 Å². The van der Waals surface area contributed by atoms with E-state index in [9.17, 15) is 0 Å². The van der Waals surface area contributed by atoms with Crippen molar-refractivity contribution in [3.05, 3.63) is 76.1 Å². The number of aliphatic imine (C=N–C) groups is 1. The van der Waals surface area contributed by atoms with Gasteiger partial charge < -0.3 is 15.1 Å². The van der Waals surface area contributed by atoms with Crippen molar-refractivity contribution in [3.8, 4) is 0 Å². The molecule has 1 aromatic heterocycles. The molecule has 1 aliphatic rings. The molecule has 1 fully saturated rings. The lowest BCUT2D eigenvalue weighted by atomic mass is 10.1. The Labute approximate surface area is 217 Å². The average molecular weight is 508 g/mol. The van der Waals surface area contributed by atoms with Crippen LogP contribution in [0.3, 0.4) is 0 Å². The van der Waals surface area contributed by atoms with Crippen LogP contribution in [0.5, 0.6) is 0 Å². The Kier molecular flexibility index (Phi) is 7.83. The standard InChI is InChI=1S/C26H30ClN7S/c1-17-8-9-23(18(2)14-17)30-26(35)32-25(31-24-28-19(3)15-20(4)29-24)34-12-10-33(11-13-34)22-7-5-6-21(27)16-22/h5-9,14-16H,10-13H2,1-4H3,(H2,28,29,30,31,32,35). The molecule has 2 aromatic carbocycles. The number of aromatic nitrogens is 2. The SMILES string of the molecule is Cc1ccc(NC(=S)/N=C(/Nc2nc(C)cc(C)n2)N2CCN(c3cccc(Cl)c3)CC2)c(C)c1. The average Bonchev–Trinajstić information content (AvgIpc) is 2.80. The van der Waals surface area contributed by atoms with Gasteiger partial charge in [0.05, 0.1) is 0 Å². The number of guanidine groups is 1. The van der Waals surface area contributed by atoms with E-state index in [0.29, 0.717) is 17.0 Å². The van der Waals surface area contributed by atoms with Crippen molar-refractivity contribution in [1.29, 1.82) is 0 Å². The number of hydrogen-bond acceptors (Lipinski definition) is 4. The van der Waals surface area contributed by atoms with Crippen LogP contribution in [0.15, 0.2) is 53.5 Å². The Balaban J connectivity index is 1.54. The predicted octanol–water partition coefficient (Wildman–Crippen LogP) is 5.35. The second-order valence-electron chi connectivity index (χ2n) is 8.74. The van der Waals surface area contributed by atoms with Gasteiger partial charge in [0.1, 0.15) is 0 Å². The zero-order chi connectivity index (χ0) is 24.9. The third-order valence-corrected chi connectivity index (χ3v) is 6.22. The molecule has 2 N–H and O–H groups in total. The second-order valence-corrected chi connectivity index (χ2v) is 9.56. The van der Waals surface area contributed by atoms with E-state index in [-0.39, 0.29) is 0 Å². The molecule has 3 aromatic rings. The Hall–Kier alpha value is -3.23. The lowest BCUT2D eigenvalue weighted by molar-refractivity contribution is 0.385. The largest absolute Gasteiger partial charge is 0.368 e. The van der Waals surface area contributed by atoms with Crippen molar-refractivity contribution in [2.24, 2.45) is 4.99 Å². The first-order valence-corrected chi connectivity index (χ1v) is 12.4. The molecule has 7 nitrogen and oxygen atoms in total. The summed E-state index contributed by atoms with van der Waals surface area (Å²) in [7, 11) is 0. The first-order chi connectivity index (χ1) is 16.8. The summed E-state index contributed by atoms with van der Waals surface area (Å²) in [5.74, 6) is 1.14. The summed E-state index contributed by atoms with van der Waals surface area (Å²) in [6, 6.07) is 16.1. The molecule has 0 radical (unpaired) electrons. The molecule has 2 heterocycles. The summed E-state index contributed by atoms with van der Waals surface area (Å²) < 4.78 is 0. The van der Waals surface area contributed by atoms with Gasteiger partial charge in [0.25, 0.3) is 0 Å². The zero-order valence-electron chi connectivity index (χ0n) is 20.5. The number of anilines is 3. The molecule has 4 rings (SSSR count). The van der Waals surface area contributed by atoms with E-state index in [1.54, 1.807) is 0 Å². The summed E-state index contributed by atoms with van der Waals surface area (Å²) in [6.07, 6.45) is 0. The minimum Gasteiger partial charge on any atom is -0.368 e. The maximum Gasteiger partial charge on any atom is 0.229 e. The smallest absolute Gasteiger partial charge is 0.229 e. The lowest BCUT2D eigenvalue weighted by Crippen LogP contribution is -2.51. The molecular formula is C26H30ClN7S. The van der Waals surface area contributed by atoms with Gasteiger partial charge in [-0.3, -0.25) is 5.32 Å². The van der Waals surface area contributed by atoms with E-state index < -0.39 is 0 Å². The van der Waals surface area contributed by atoms with Gasteiger partial charge in [0.15, 0.2) is 0 Å². The summed E-state index contributed by atoms with van der Waals surface area (Å²) in [6.45, 7) is 11.2. The highest BCUT2D eigenvalue weighted by Gasteiger charge is 2.22. The normalized spacial score (nSPS) is 14.1. The van der Waals surface area contributed by atoms with E-state index in [0.717, 1.165) is 59.5 Å². The number of rotatable bonds is 3. The second kappa shape index (κ2) is 11.0. The molecule has 0 bridgehead atoms. The van der Waals surface area contributed by atoms with Crippen LogP contribution in [0.4, 0.5) is 17.3 Å². The predicted molar refractivity (Wildman–Crippen MR) is 150 cm³/mol. The fourth-order valence-electron chi connectivity index (χ4n) is 4.10. The molecule has 0 saturated carbocycles. The van der Waals surface area contributed by atoms with Crippen LogP contribution in [0.2, 0.25) is 5.02 Å². The first-order valence-electron chi connectivity index (χ1n) is 11.6. The van der Waals surface area contributed by atoms with Gasteiger partial charge >= 0.3 is 0 Å². The van der Waals surface area contributed by atoms with Crippen LogP contribution >= 0.6 is 23.8 Å². The van der Waals surface area contributed by atoms with E-state index in [1.807, 2.05) is 44.2 Å². The third kappa shape index (κ3) is 6.68. The van der Waals surface area contributed by atoms with Gasteiger partial charge in [-0.15, -0.1) is 0 Å². The number of aryl methyl sites for hydroxylation is 4. The molecule has 0 atom stereocenters. The molecule has 0 unspecified atom stereocenters. The minimum absolute atomic E-state index is 0.376. The van der Waals surface area contributed by atoms with Crippen molar-refractivity contribution in [3.63, 3.8) is 0 Å². The lowest BCUT2D eigenvalue weighted by Gasteiger charge is -2.37. The maximum absolute atomic E-state index is 6.20. The van der Waals surface area contributed by atoms with Crippen molar-refractivity contribution in [2.75, 3.05) is 41.7 Å². The van der Waals surface area contributed by atoms with Crippen LogP contribution in [-0.4, -0.2) is 52.1 Å². The van der Waals surface area contributed by atoms with Gasteiger partial charge in [0, 0.05) is 54.0 Å². The van der Waals surface area contributed by atoms with Crippen LogP contribution in [-0.2, 0) is 0 Å². The third-order valence-electron chi connectivity index (χ3n) is 5.79. The molecule has 0 amide bonds. The van der Waals surface area contributed by atoms with Gasteiger partial charge in [-0.1, -0.05) is 35.4 Å². The number of piperazine rings is 1. The summed E-state index contributed by atoms with van der Waals surface area (Å²) in [4.78, 5) is 18.3. The van der Waals surface area contributed by atoms with Crippen molar-refractivity contribution < 1.29 is 0 Å². The monoisotopic (exact) mass is 507 g/mol. The minimum atomic E-state index is 0.376. The Morgan fingerprint density at radius 2 is 1.63 bits per heavy atom. The number of benzene rings is 2. The van der Waals surface area contributed by atoms with E-state index in [2.05, 4.69) is 62.4 Å². The fourth-order valence-corrected chi connectivity index (χ4v) is 4.48. The Bertz CT molecular complexity index is 1230. The molecule has 9 heteroatoms. The Morgan fingerprint density at radius 3 is 2.29 bits per heavy atom. The van der Waals surface area contributed by atoms with Gasteiger partial charge in [-0.25, -0.2) is 9.97 Å². The maximum atomic E-state index is 6.20. The number of thiocarbonyl (C=S) groups is 1. The first kappa shape index (κ1) is 24.9. The van der Waals surface area contributed by atoms with E-state index in [4.69, 9.17) is 28.8 Å². The summed E-state index contributed by atoms with van der Waals surface area (Å²) in [5, 5.41) is 7.70. The summed E-state index contributed by atoms with van der Waals surface area (Å²) >= 11 is 11.8. The molecule has 0 spiro atoms. The molecular weight excluding hydrogens is 478 g/mol. The zero-order valence-corrected chi connectivity index (χ0v) is 22.0. The molecule has 0 aliphatic carbocycles. The quantitative estimate of drug-likeness (QED) is 0.281. The molecule has 35 heavy (non-hydrogen) atoms. The number of hydrogen-bond donors (Lipinski definition) is 2. The summed E-state index contributed by atoms with van der Waals surface area (Å²) in [5.41, 5.74) is 6.16. The Morgan fingerprint density at radius 1 is 0.914 bits per heavy atom. The highest BCUT2D eigenvalue weighted by molar-refractivity contribution is 7.80.